The summed E-state index contributed by atoms with van der Waals surface area (Å²) in [7, 11) is 0. The van der Waals surface area contributed by atoms with Crippen molar-refractivity contribution in [1.29, 1.82) is 0 Å². The van der Waals surface area contributed by atoms with Gasteiger partial charge in [-0.15, -0.1) is 0 Å². The van der Waals surface area contributed by atoms with Crippen LogP contribution in [0.4, 0.5) is 5.69 Å². The van der Waals surface area contributed by atoms with E-state index in [-0.39, 0.29) is 11.9 Å². The number of nitrogens with one attached hydrogen (secondary N) is 1. The van der Waals surface area contributed by atoms with Crippen molar-refractivity contribution in [1.82, 2.24) is 19.9 Å². The molecule has 1 saturated heterocycles. The predicted molar refractivity (Wildman–Crippen MR) is 89.6 cm³/mol. The van der Waals surface area contributed by atoms with Gasteiger partial charge in [0.1, 0.15) is 3.70 Å². The van der Waals surface area contributed by atoms with Crippen LogP contribution in [0.5, 0.6) is 0 Å². The molecule has 21 heavy (non-hydrogen) atoms. The number of amides is 1. The Morgan fingerprint density at radius 2 is 2.24 bits per heavy atom. The van der Waals surface area contributed by atoms with Gasteiger partial charge in [0.15, 0.2) is 5.65 Å². The molecular formula is C14H18IN5O. The Hall–Kier alpha value is -1.38. The summed E-state index contributed by atoms with van der Waals surface area (Å²) in [6.45, 7) is 7.31. The molecule has 2 aromatic heterocycles. The van der Waals surface area contributed by atoms with Gasteiger partial charge in [-0.1, -0.05) is 0 Å². The molecule has 0 saturated carbocycles. The van der Waals surface area contributed by atoms with Gasteiger partial charge in [-0.05, 0) is 48.9 Å². The molecule has 0 radical (unpaired) electrons. The second-order valence-corrected chi connectivity index (χ2v) is 6.55. The molecule has 1 aliphatic rings. The molecule has 1 atom stereocenters. The summed E-state index contributed by atoms with van der Waals surface area (Å²) >= 11 is 2.28. The van der Waals surface area contributed by atoms with Crippen molar-refractivity contribution < 1.29 is 4.79 Å². The molecule has 6 nitrogen and oxygen atoms in total. The Kier molecular flexibility index (Phi) is 3.76. The number of anilines is 1. The van der Waals surface area contributed by atoms with Gasteiger partial charge in [-0.3, -0.25) is 4.79 Å². The lowest BCUT2D eigenvalue weighted by Gasteiger charge is -2.19. The van der Waals surface area contributed by atoms with Crippen LogP contribution in [0.15, 0.2) is 6.07 Å². The number of carbonyl (C=O) groups is 1. The third-order valence-electron chi connectivity index (χ3n) is 3.73. The lowest BCUT2D eigenvalue weighted by Crippen LogP contribution is -2.35. The van der Waals surface area contributed by atoms with Crippen molar-refractivity contribution in [3.8, 4) is 0 Å². The van der Waals surface area contributed by atoms with E-state index in [2.05, 4.69) is 49.0 Å². The molecule has 3 rings (SSSR count). The zero-order valence-corrected chi connectivity index (χ0v) is 14.5. The van der Waals surface area contributed by atoms with Gasteiger partial charge in [0, 0.05) is 26.1 Å². The average Bonchev–Trinajstić information content (AvgIpc) is 2.96. The first kappa shape index (κ1) is 14.6. The molecular weight excluding hydrogens is 381 g/mol. The van der Waals surface area contributed by atoms with E-state index in [9.17, 15) is 4.79 Å². The Labute approximate surface area is 137 Å². The summed E-state index contributed by atoms with van der Waals surface area (Å²) in [4.78, 5) is 18.1. The minimum atomic E-state index is 0.0316. The number of aromatic nitrogens is 3. The molecule has 1 aliphatic heterocycles. The van der Waals surface area contributed by atoms with Crippen LogP contribution in [0.25, 0.3) is 5.65 Å². The van der Waals surface area contributed by atoms with E-state index >= 15 is 0 Å². The van der Waals surface area contributed by atoms with E-state index in [1.165, 1.54) is 0 Å². The van der Waals surface area contributed by atoms with Gasteiger partial charge in [-0.2, -0.15) is 5.10 Å². The maximum absolute atomic E-state index is 11.2. The summed E-state index contributed by atoms with van der Waals surface area (Å²) < 4.78 is 2.96. The van der Waals surface area contributed by atoms with Crippen molar-refractivity contribution in [2.45, 2.75) is 33.2 Å². The second kappa shape index (κ2) is 5.43. The molecule has 2 aromatic rings. The molecule has 112 valence electrons. The molecule has 1 N–H and O–H groups in total. The third-order valence-corrected chi connectivity index (χ3v) is 4.97. The first-order valence-electron chi connectivity index (χ1n) is 7.00. The normalized spacial score (nSPS) is 18.5. The number of rotatable bonds is 2. The van der Waals surface area contributed by atoms with Crippen molar-refractivity contribution in [3.63, 3.8) is 0 Å². The van der Waals surface area contributed by atoms with Crippen LogP contribution in [0.3, 0.4) is 0 Å². The van der Waals surface area contributed by atoms with Crippen molar-refractivity contribution in [3.05, 3.63) is 21.2 Å². The zero-order valence-electron chi connectivity index (χ0n) is 12.4. The Bertz CT molecular complexity index is 711. The highest BCUT2D eigenvalue weighted by atomic mass is 127. The molecule has 0 unspecified atom stereocenters. The number of halogens is 1. The van der Waals surface area contributed by atoms with Gasteiger partial charge in [0.25, 0.3) is 0 Å². The zero-order chi connectivity index (χ0) is 15.1. The van der Waals surface area contributed by atoms with Crippen LogP contribution in [-0.2, 0) is 4.79 Å². The van der Waals surface area contributed by atoms with Gasteiger partial charge < -0.3 is 10.2 Å². The summed E-state index contributed by atoms with van der Waals surface area (Å²) in [6, 6.07) is 2.29. The molecule has 0 spiro atoms. The number of carbonyl (C=O) groups excluding carboxylic acids is 1. The molecule has 1 amide bonds. The van der Waals surface area contributed by atoms with Gasteiger partial charge in [0.05, 0.1) is 17.1 Å². The van der Waals surface area contributed by atoms with Crippen molar-refractivity contribution in [2.24, 2.45) is 0 Å². The van der Waals surface area contributed by atoms with Crippen molar-refractivity contribution >= 4 is 39.8 Å². The smallest absolute Gasteiger partial charge is 0.217 e. The van der Waals surface area contributed by atoms with Gasteiger partial charge in [-0.25, -0.2) is 9.50 Å². The number of fused-ring (bicyclic) bond motifs is 1. The fourth-order valence-electron chi connectivity index (χ4n) is 2.82. The van der Waals surface area contributed by atoms with E-state index < -0.39 is 0 Å². The number of hydrogen-bond donors (Lipinski definition) is 1. The summed E-state index contributed by atoms with van der Waals surface area (Å²) in [5.41, 5.74) is 3.95. The fraction of sp³-hybridized carbons (Fsp3) is 0.500. The Morgan fingerprint density at radius 3 is 2.95 bits per heavy atom. The number of imidazole rings is 1. The lowest BCUT2D eigenvalue weighted by molar-refractivity contribution is -0.119. The monoisotopic (exact) mass is 399 g/mol. The molecule has 1 fully saturated rings. The van der Waals surface area contributed by atoms with Crippen LogP contribution in [0.1, 0.15) is 24.7 Å². The average molecular weight is 399 g/mol. The van der Waals surface area contributed by atoms with Crippen LogP contribution in [0, 0.1) is 17.5 Å². The predicted octanol–water partition coefficient (Wildman–Crippen LogP) is 1.67. The number of aryl methyl sites for hydroxylation is 2. The Balaban J connectivity index is 1.97. The van der Waals surface area contributed by atoms with E-state index in [0.29, 0.717) is 0 Å². The highest BCUT2D eigenvalue weighted by molar-refractivity contribution is 14.1. The first-order chi connectivity index (χ1) is 9.95. The largest absolute Gasteiger partial charge is 0.366 e. The van der Waals surface area contributed by atoms with E-state index in [4.69, 9.17) is 0 Å². The summed E-state index contributed by atoms with van der Waals surface area (Å²) in [5.74, 6) is 0.0316. The number of hydrogen-bond acceptors (Lipinski definition) is 4. The summed E-state index contributed by atoms with van der Waals surface area (Å²) in [6.07, 6.45) is 0.962. The minimum Gasteiger partial charge on any atom is -0.366 e. The topological polar surface area (TPSA) is 62.5 Å². The minimum absolute atomic E-state index is 0.0316. The molecule has 3 heterocycles. The Morgan fingerprint density at radius 1 is 1.48 bits per heavy atom. The molecule has 0 aliphatic carbocycles. The second-order valence-electron chi connectivity index (χ2n) is 5.53. The summed E-state index contributed by atoms with van der Waals surface area (Å²) in [5, 5.41) is 7.54. The maximum atomic E-state index is 11.2. The van der Waals surface area contributed by atoms with Crippen LogP contribution in [0.2, 0.25) is 0 Å². The number of nitrogens with zero attached hydrogens (tertiary/aromatic N) is 4. The first-order valence-corrected chi connectivity index (χ1v) is 8.08. The fourth-order valence-corrected chi connectivity index (χ4v) is 3.28. The van der Waals surface area contributed by atoms with E-state index in [1.54, 1.807) is 6.92 Å². The molecule has 0 bridgehead atoms. The maximum Gasteiger partial charge on any atom is 0.217 e. The molecule has 7 heteroatoms. The lowest BCUT2D eigenvalue weighted by atomic mass is 10.2. The van der Waals surface area contributed by atoms with Crippen LogP contribution < -0.4 is 10.2 Å². The van der Waals surface area contributed by atoms with Gasteiger partial charge >= 0.3 is 0 Å². The highest BCUT2D eigenvalue weighted by Gasteiger charge is 2.26. The third kappa shape index (κ3) is 2.70. The van der Waals surface area contributed by atoms with Crippen LogP contribution in [-0.4, -0.2) is 39.6 Å². The van der Waals surface area contributed by atoms with E-state index in [0.717, 1.165) is 45.9 Å². The van der Waals surface area contributed by atoms with Crippen molar-refractivity contribution in [2.75, 3.05) is 18.0 Å². The SMILES string of the molecule is CC(=O)N[C@H]1CCN(c2cc(C)nn3c(I)c(C)nc23)C1. The quantitative estimate of drug-likeness (QED) is 0.781. The van der Waals surface area contributed by atoms with E-state index in [1.807, 2.05) is 18.4 Å². The van der Waals surface area contributed by atoms with Crippen LogP contribution >= 0.6 is 22.6 Å². The molecule has 0 aromatic carbocycles. The standard InChI is InChI=1S/C14H18IN5O/c1-8-6-12(14-16-9(2)13(15)20(14)18-8)19-5-4-11(7-19)17-10(3)21/h6,11H,4-5,7H2,1-3H3,(H,17,21)/t11-/m0/s1. The van der Waals surface area contributed by atoms with Gasteiger partial charge in [0.2, 0.25) is 5.91 Å². The highest BCUT2D eigenvalue weighted by Crippen LogP contribution is 2.27.